The lowest BCUT2D eigenvalue weighted by Crippen LogP contribution is -2.37. The van der Waals surface area contributed by atoms with Crippen molar-refractivity contribution in [3.8, 4) is 0 Å². The second-order valence-electron chi connectivity index (χ2n) is 4.24. The van der Waals surface area contributed by atoms with Crippen molar-refractivity contribution >= 4 is 18.0 Å². The summed E-state index contributed by atoms with van der Waals surface area (Å²) in [4.78, 5) is 28.5. The highest BCUT2D eigenvalue weighted by Crippen LogP contribution is 2.14. The number of carbonyl (C=O) groups is 2. The Morgan fingerprint density at radius 2 is 1.94 bits per heavy atom. The van der Waals surface area contributed by atoms with Gasteiger partial charge in [-0.15, -0.1) is 0 Å². The van der Waals surface area contributed by atoms with Crippen LogP contribution in [0.2, 0.25) is 0 Å². The number of rotatable bonds is 1. The van der Waals surface area contributed by atoms with Gasteiger partial charge in [0.2, 0.25) is 5.91 Å². The van der Waals surface area contributed by atoms with Gasteiger partial charge in [0.05, 0.1) is 5.92 Å². The zero-order valence-electron chi connectivity index (χ0n) is 9.26. The van der Waals surface area contributed by atoms with Crippen molar-refractivity contribution in [2.75, 3.05) is 13.1 Å². The molecular formula is C12H16N2O2. The predicted molar refractivity (Wildman–Crippen MR) is 61.2 cm³/mol. The Balaban J connectivity index is 1.98. The van der Waals surface area contributed by atoms with E-state index >= 15 is 0 Å². The smallest absolute Gasteiger partial charge is 0.269 e. The molecule has 0 aromatic heterocycles. The number of amides is 2. The van der Waals surface area contributed by atoms with E-state index in [-0.39, 0.29) is 17.7 Å². The van der Waals surface area contributed by atoms with E-state index in [0.717, 1.165) is 25.9 Å². The van der Waals surface area contributed by atoms with Gasteiger partial charge in [0, 0.05) is 25.4 Å². The third-order valence-electron chi connectivity index (χ3n) is 3.01. The van der Waals surface area contributed by atoms with E-state index in [4.69, 9.17) is 0 Å². The van der Waals surface area contributed by atoms with Gasteiger partial charge in [-0.25, -0.2) is 4.99 Å². The Labute approximate surface area is 95.0 Å². The molecule has 16 heavy (non-hydrogen) atoms. The van der Waals surface area contributed by atoms with Crippen molar-refractivity contribution in [3.05, 3.63) is 12.2 Å². The first-order chi connectivity index (χ1) is 7.77. The van der Waals surface area contributed by atoms with E-state index in [9.17, 15) is 9.59 Å². The minimum atomic E-state index is -0.337. The number of nitrogens with zero attached hydrogens (tertiary/aromatic N) is 2. The monoisotopic (exact) mass is 220 g/mol. The van der Waals surface area contributed by atoms with Crippen LogP contribution in [0.25, 0.3) is 0 Å². The third kappa shape index (κ3) is 2.56. The van der Waals surface area contributed by atoms with Crippen molar-refractivity contribution in [1.29, 1.82) is 0 Å². The molecule has 0 spiro atoms. The average molecular weight is 220 g/mol. The number of hydrogen-bond acceptors (Lipinski definition) is 2. The minimum Gasteiger partial charge on any atom is -0.342 e. The Morgan fingerprint density at radius 1 is 1.25 bits per heavy atom. The van der Waals surface area contributed by atoms with Crippen LogP contribution in [0, 0.1) is 5.92 Å². The van der Waals surface area contributed by atoms with Gasteiger partial charge in [-0.05, 0) is 12.8 Å². The second-order valence-corrected chi connectivity index (χ2v) is 4.24. The summed E-state index contributed by atoms with van der Waals surface area (Å²) < 4.78 is 0. The van der Waals surface area contributed by atoms with E-state index in [1.54, 1.807) is 6.08 Å². The van der Waals surface area contributed by atoms with E-state index < -0.39 is 0 Å². The van der Waals surface area contributed by atoms with E-state index in [1.165, 1.54) is 25.1 Å². The van der Waals surface area contributed by atoms with Gasteiger partial charge < -0.3 is 4.90 Å². The summed E-state index contributed by atoms with van der Waals surface area (Å²) in [5.74, 6) is -0.537. The number of likely N-dealkylation sites (tertiary alicyclic amines) is 1. The van der Waals surface area contributed by atoms with Crippen LogP contribution in [0.3, 0.4) is 0 Å². The first kappa shape index (κ1) is 11.0. The second kappa shape index (κ2) is 5.05. The van der Waals surface area contributed by atoms with Gasteiger partial charge >= 0.3 is 0 Å². The van der Waals surface area contributed by atoms with E-state index in [1.807, 2.05) is 4.90 Å². The molecule has 0 saturated carbocycles. The Hall–Kier alpha value is -1.45. The normalized spacial score (nSPS) is 25.6. The van der Waals surface area contributed by atoms with E-state index in [2.05, 4.69) is 4.99 Å². The number of hydrogen-bond donors (Lipinski definition) is 0. The van der Waals surface area contributed by atoms with Gasteiger partial charge in [0.15, 0.2) is 0 Å². The zero-order valence-corrected chi connectivity index (χ0v) is 9.26. The first-order valence-electron chi connectivity index (χ1n) is 5.82. The molecule has 2 aliphatic rings. The maximum Gasteiger partial charge on any atom is 0.269 e. The van der Waals surface area contributed by atoms with Crippen LogP contribution in [0.15, 0.2) is 17.1 Å². The molecule has 2 rings (SSSR count). The summed E-state index contributed by atoms with van der Waals surface area (Å²) in [5, 5.41) is 0. The van der Waals surface area contributed by atoms with Gasteiger partial charge in [0.1, 0.15) is 0 Å². The molecule has 0 bridgehead atoms. The van der Waals surface area contributed by atoms with Crippen molar-refractivity contribution in [2.24, 2.45) is 10.9 Å². The van der Waals surface area contributed by atoms with Gasteiger partial charge in [-0.3, -0.25) is 9.59 Å². The lowest BCUT2D eigenvalue weighted by molar-refractivity contribution is -0.132. The molecule has 1 atom stereocenters. The number of carbonyl (C=O) groups excluding carboxylic acids is 2. The summed E-state index contributed by atoms with van der Waals surface area (Å²) >= 11 is 0. The third-order valence-corrected chi connectivity index (χ3v) is 3.01. The van der Waals surface area contributed by atoms with Crippen molar-refractivity contribution in [2.45, 2.75) is 25.7 Å². The molecule has 1 fully saturated rings. The largest absolute Gasteiger partial charge is 0.342 e. The maximum absolute atomic E-state index is 12.1. The Kier molecular flexibility index (Phi) is 3.49. The summed E-state index contributed by atoms with van der Waals surface area (Å²) in [6.07, 6.45) is 9.04. The van der Waals surface area contributed by atoms with Crippen molar-refractivity contribution in [1.82, 2.24) is 4.90 Å². The van der Waals surface area contributed by atoms with Gasteiger partial charge in [-0.1, -0.05) is 18.9 Å². The summed E-state index contributed by atoms with van der Waals surface area (Å²) in [6, 6.07) is 0. The van der Waals surface area contributed by atoms with Crippen LogP contribution in [-0.4, -0.2) is 36.0 Å². The van der Waals surface area contributed by atoms with Crippen LogP contribution in [-0.2, 0) is 9.59 Å². The fourth-order valence-electron chi connectivity index (χ4n) is 2.08. The molecule has 4 heteroatoms. The van der Waals surface area contributed by atoms with Crippen LogP contribution in [0.4, 0.5) is 0 Å². The molecule has 2 amide bonds. The number of aliphatic imine (C=N–C) groups is 1. The molecule has 0 aromatic rings. The fourth-order valence-corrected chi connectivity index (χ4v) is 2.08. The molecule has 0 aromatic carbocycles. The quantitative estimate of drug-likeness (QED) is 0.666. The first-order valence-corrected chi connectivity index (χ1v) is 5.82. The van der Waals surface area contributed by atoms with Crippen LogP contribution < -0.4 is 0 Å². The van der Waals surface area contributed by atoms with Crippen molar-refractivity contribution in [3.63, 3.8) is 0 Å². The van der Waals surface area contributed by atoms with Gasteiger partial charge in [0.25, 0.3) is 5.91 Å². The molecule has 86 valence electrons. The summed E-state index contributed by atoms with van der Waals surface area (Å²) in [7, 11) is 0. The SMILES string of the molecule is O=C1C=CC(C(=O)N2CCCCCC2)C=N1. The van der Waals surface area contributed by atoms with Crippen molar-refractivity contribution < 1.29 is 9.59 Å². The molecular weight excluding hydrogens is 204 g/mol. The number of dihydropyridines is 1. The van der Waals surface area contributed by atoms with Gasteiger partial charge in [-0.2, -0.15) is 0 Å². The van der Waals surface area contributed by atoms with Crippen LogP contribution in [0.5, 0.6) is 0 Å². The zero-order chi connectivity index (χ0) is 11.4. The predicted octanol–water partition coefficient (Wildman–Crippen LogP) is 1.17. The maximum atomic E-state index is 12.1. The summed E-state index contributed by atoms with van der Waals surface area (Å²) in [6.45, 7) is 1.68. The fraction of sp³-hybridized carbons (Fsp3) is 0.583. The van der Waals surface area contributed by atoms with E-state index in [0.29, 0.717) is 0 Å². The van der Waals surface area contributed by atoms with Crippen LogP contribution in [0.1, 0.15) is 25.7 Å². The molecule has 1 saturated heterocycles. The summed E-state index contributed by atoms with van der Waals surface area (Å²) in [5.41, 5.74) is 0. The molecule has 0 aliphatic carbocycles. The molecule has 4 nitrogen and oxygen atoms in total. The molecule has 2 heterocycles. The molecule has 2 aliphatic heterocycles. The minimum absolute atomic E-state index is 0.0781. The average Bonchev–Trinajstić information content (AvgIpc) is 2.57. The topological polar surface area (TPSA) is 49.7 Å². The Bertz CT molecular complexity index is 323. The standard InChI is InChI=1S/C12H16N2O2/c15-11-6-5-10(9-13-11)12(16)14-7-3-1-2-4-8-14/h5-6,9-10H,1-4,7-8H2. The lowest BCUT2D eigenvalue weighted by atomic mass is 10.1. The molecule has 0 radical (unpaired) electrons. The Morgan fingerprint density at radius 3 is 2.50 bits per heavy atom. The lowest BCUT2D eigenvalue weighted by Gasteiger charge is -2.23. The molecule has 0 N–H and O–H groups in total. The highest BCUT2D eigenvalue weighted by molar-refractivity contribution is 6.05. The highest BCUT2D eigenvalue weighted by atomic mass is 16.2. The highest BCUT2D eigenvalue weighted by Gasteiger charge is 2.23. The van der Waals surface area contributed by atoms with Crippen LogP contribution >= 0.6 is 0 Å². The molecule has 1 unspecified atom stereocenters.